The van der Waals surface area contributed by atoms with Crippen LogP contribution in [0.5, 0.6) is 0 Å². The average molecular weight is 290 g/mol. The van der Waals surface area contributed by atoms with E-state index in [0.717, 1.165) is 11.6 Å². The SMILES string of the molecule is Cc1cc(C(=O)N(C)c2ccccc2CN)c(F)cc1F. The second-order valence-corrected chi connectivity index (χ2v) is 4.78. The third-order valence-corrected chi connectivity index (χ3v) is 3.36. The van der Waals surface area contributed by atoms with Gasteiger partial charge in [-0.2, -0.15) is 0 Å². The number of hydrogen-bond acceptors (Lipinski definition) is 2. The number of nitrogens with zero attached hydrogens (tertiary/aromatic N) is 1. The quantitative estimate of drug-likeness (QED) is 0.944. The van der Waals surface area contributed by atoms with Gasteiger partial charge < -0.3 is 10.6 Å². The number of nitrogens with two attached hydrogens (primary N) is 1. The summed E-state index contributed by atoms with van der Waals surface area (Å²) in [6, 6.07) is 9.05. The summed E-state index contributed by atoms with van der Waals surface area (Å²) in [5.41, 5.74) is 7.07. The number of aryl methyl sites for hydroxylation is 1. The molecule has 0 unspecified atom stereocenters. The zero-order valence-electron chi connectivity index (χ0n) is 11.9. The van der Waals surface area contributed by atoms with Gasteiger partial charge in [-0.1, -0.05) is 18.2 Å². The van der Waals surface area contributed by atoms with Gasteiger partial charge in [0.15, 0.2) is 0 Å². The number of para-hydroxylation sites is 1. The Labute approximate surface area is 122 Å². The molecule has 0 atom stereocenters. The molecule has 1 amide bonds. The number of halogens is 2. The molecule has 0 aliphatic rings. The summed E-state index contributed by atoms with van der Waals surface area (Å²) in [7, 11) is 1.54. The molecule has 2 N–H and O–H groups in total. The van der Waals surface area contributed by atoms with Crippen molar-refractivity contribution >= 4 is 11.6 Å². The third-order valence-electron chi connectivity index (χ3n) is 3.36. The zero-order valence-corrected chi connectivity index (χ0v) is 11.9. The molecule has 2 rings (SSSR count). The van der Waals surface area contributed by atoms with E-state index in [1.807, 2.05) is 6.07 Å². The lowest BCUT2D eigenvalue weighted by Crippen LogP contribution is -2.28. The molecule has 0 aliphatic carbocycles. The number of carbonyl (C=O) groups is 1. The maximum absolute atomic E-state index is 13.8. The molecular weight excluding hydrogens is 274 g/mol. The van der Waals surface area contributed by atoms with Gasteiger partial charge >= 0.3 is 0 Å². The summed E-state index contributed by atoms with van der Waals surface area (Å²) in [4.78, 5) is 13.7. The van der Waals surface area contributed by atoms with Gasteiger partial charge in [0.25, 0.3) is 5.91 Å². The van der Waals surface area contributed by atoms with Crippen LogP contribution in [-0.4, -0.2) is 13.0 Å². The lowest BCUT2D eigenvalue weighted by Gasteiger charge is -2.21. The van der Waals surface area contributed by atoms with Crippen molar-refractivity contribution in [3.63, 3.8) is 0 Å². The molecule has 0 aliphatic heterocycles. The summed E-state index contributed by atoms with van der Waals surface area (Å²) in [5, 5.41) is 0. The van der Waals surface area contributed by atoms with Crippen molar-refractivity contribution in [2.24, 2.45) is 5.73 Å². The maximum Gasteiger partial charge on any atom is 0.261 e. The Bertz CT molecular complexity index is 686. The fourth-order valence-corrected chi connectivity index (χ4v) is 2.12. The van der Waals surface area contributed by atoms with E-state index in [2.05, 4.69) is 0 Å². The molecule has 2 aromatic carbocycles. The molecule has 0 saturated carbocycles. The predicted octanol–water partition coefficient (Wildman–Crippen LogP) is 3.01. The van der Waals surface area contributed by atoms with Crippen LogP contribution in [0, 0.1) is 18.6 Å². The molecular formula is C16H16F2N2O. The Hall–Kier alpha value is -2.27. The van der Waals surface area contributed by atoms with Gasteiger partial charge in [0.1, 0.15) is 11.6 Å². The molecule has 0 aromatic heterocycles. The predicted molar refractivity (Wildman–Crippen MR) is 78.2 cm³/mol. The normalized spacial score (nSPS) is 10.5. The van der Waals surface area contributed by atoms with Crippen molar-refractivity contribution < 1.29 is 13.6 Å². The first-order valence-electron chi connectivity index (χ1n) is 6.47. The molecule has 0 heterocycles. The number of carbonyl (C=O) groups excluding carboxylic acids is 1. The molecule has 110 valence electrons. The second-order valence-electron chi connectivity index (χ2n) is 4.78. The second kappa shape index (κ2) is 6.01. The molecule has 0 bridgehead atoms. The average Bonchev–Trinajstić information content (AvgIpc) is 2.49. The monoisotopic (exact) mass is 290 g/mol. The first-order valence-corrected chi connectivity index (χ1v) is 6.47. The van der Waals surface area contributed by atoms with Gasteiger partial charge in [-0.3, -0.25) is 4.79 Å². The van der Waals surface area contributed by atoms with E-state index in [0.29, 0.717) is 5.69 Å². The van der Waals surface area contributed by atoms with Gasteiger partial charge in [-0.25, -0.2) is 8.78 Å². The van der Waals surface area contributed by atoms with Crippen molar-refractivity contribution in [2.75, 3.05) is 11.9 Å². The smallest absolute Gasteiger partial charge is 0.261 e. The number of amides is 1. The Balaban J connectivity index is 2.42. The zero-order chi connectivity index (χ0) is 15.6. The van der Waals surface area contributed by atoms with E-state index in [-0.39, 0.29) is 17.7 Å². The highest BCUT2D eigenvalue weighted by Crippen LogP contribution is 2.22. The van der Waals surface area contributed by atoms with Gasteiger partial charge in [-0.15, -0.1) is 0 Å². The van der Waals surface area contributed by atoms with Crippen LogP contribution >= 0.6 is 0 Å². The number of rotatable bonds is 3. The van der Waals surface area contributed by atoms with Gasteiger partial charge in [0.05, 0.1) is 5.56 Å². The van der Waals surface area contributed by atoms with E-state index in [9.17, 15) is 13.6 Å². The summed E-state index contributed by atoms with van der Waals surface area (Å²) in [6.07, 6.45) is 0. The highest BCUT2D eigenvalue weighted by molar-refractivity contribution is 6.06. The van der Waals surface area contributed by atoms with Gasteiger partial charge in [0.2, 0.25) is 0 Å². The van der Waals surface area contributed by atoms with Gasteiger partial charge in [-0.05, 0) is 30.2 Å². The number of hydrogen-bond donors (Lipinski definition) is 1. The van der Waals surface area contributed by atoms with Crippen LogP contribution in [0.4, 0.5) is 14.5 Å². The number of anilines is 1. The van der Waals surface area contributed by atoms with E-state index >= 15 is 0 Å². The molecule has 3 nitrogen and oxygen atoms in total. The van der Waals surface area contributed by atoms with E-state index in [1.54, 1.807) is 18.2 Å². The molecule has 0 saturated heterocycles. The van der Waals surface area contributed by atoms with E-state index < -0.39 is 17.5 Å². The standard InChI is InChI=1S/C16H16F2N2O/c1-10-7-12(14(18)8-13(10)17)16(21)20(2)15-6-4-3-5-11(15)9-19/h3-8H,9,19H2,1-2H3. The van der Waals surface area contributed by atoms with Crippen molar-refractivity contribution in [1.82, 2.24) is 0 Å². The highest BCUT2D eigenvalue weighted by Gasteiger charge is 2.20. The maximum atomic E-state index is 13.8. The Kier molecular flexibility index (Phi) is 4.33. The lowest BCUT2D eigenvalue weighted by atomic mass is 10.1. The van der Waals surface area contributed by atoms with Crippen LogP contribution in [0.1, 0.15) is 21.5 Å². The molecule has 21 heavy (non-hydrogen) atoms. The van der Waals surface area contributed by atoms with Crippen molar-refractivity contribution in [1.29, 1.82) is 0 Å². The van der Waals surface area contributed by atoms with Crippen molar-refractivity contribution in [3.8, 4) is 0 Å². The minimum atomic E-state index is -0.875. The molecule has 0 spiro atoms. The fourth-order valence-electron chi connectivity index (χ4n) is 2.12. The van der Waals surface area contributed by atoms with Crippen LogP contribution in [0.15, 0.2) is 36.4 Å². The van der Waals surface area contributed by atoms with Crippen LogP contribution in [-0.2, 0) is 6.54 Å². The fraction of sp³-hybridized carbons (Fsp3) is 0.188. The summed E-state index contributed by atoms with van der Waals surface area (Å²) in [6.45, 7) is 1.75. The first kappa shape index (κ1) is 15.1. The number of benzene rings is 2. The summed E-state index contributed by atoms with van der Waals surface area (Å²) >= 11 is 0. The van der Waals surface area contributed by atoms with E-state index in [4.69, 9.17) is 5.73 Å². The van der Waals surface area contributed by atoms with Crippen molar-refractivity contribution in [2.45, 2.75) is 13.5 Å². The Morgan fingerprint density at radius 2 is 1.86 bits per heavy atom. The Morgan fingerprint density at radius 3 is 2.52 bits per heavy atom. The molecule has 0 fully saturated rings. The van der Waals surface area contributed by atoms with Crippen LogP contribution in [0.3, 0.4) is 0 Å². The summed E-state index contributed by atoms with van der Waals surface area (Å²) in [5.74, 6) is -2.09. The van der Waals surface area contributed by atoms with Crippen LogP contribution in [0.2, 0.25) is 0 Å². The Morgan fingerprint density at radius 1 is 1.19 bits per heavy atom. The highest BCUT2D eigenvalue weighted by atomic mass is 19.1. The first-order chi connectivity index (χ1) is 9.95. The molecule has 5 heteroatoms. The summed E-state index contributed by atoms with van der Waals surface area (Å²) < 4.78 is 27.1. The lowest BCUT2D eigenvalue weighted by molar-refractivity contribution is 0.0989. The van der Waals surface area contributed by atoms with Gasteiger partial charge in [0, 0.05) is 25.3 Å². The minimum absolute atomic E-state index is 0.164. The molecule has 2 aromatic rings. The molecule has 0 radical (unpaired) electrons. The van der Waals surface area contributed by atoms with Crippen LogP contribution < -0.4 is 10.6 Å². The minimum Gasteiger partial charge on any atom is -0.326 e. The topological polar surface area (TPSA) is 46.3 Å². The van der Waals surface area contributed by atoms with Crippen molar-refractivity contribution in [3.05, 3.63) is 64.7 Å². The van der Waals surface area contributed by atoms with E-state index in [1.165, 1.54) is 24.9 Å². The van der Waals surface area contributed by atoms with Crippen LogP contribution in [0.25, 0.3) is 0 Å². The third kappa shape index (κ3) is 2.92. The largest absolute Gasteiger partial charge is 0.326 e.